The van der Waals surface area contributed by atoms with Gasteiger partial charge in [-0.25, -0.2) is 19.6 Å². The van der Waals surface area contributed by atoms with Gasteiger partial charge in [0, 0.05) is 68.6 Å². The Bertz CT molecular complexity index is 1360. The zero-order valence-corrected chi connectivity index (χ0v) is 22.7. The fourth-order valence-corrected chi connectivity index (χ4v) is 4.92. The number of aromatic nitrogens is 3. The molecule has 0 unspecified atom stereocenters. The van der Waals surface area contributed by atoms with Gasteiger partial charge in [-0.05, 0) is 47.1 Å². The Kier molecular flexibility index (Phi) is 6.77. The van der Waals surface area contributed by atoms with Crippen LogP contribution >= 0.6 is 0 Å². The molecule has 1 N–H and O–H groups in total. The molecule has 3 aromatic rings. The molecule has 0 atom stereocenters. The molecule has 5 rings (SSSR count). The molecule has 0 bridgehead atoms. The van der Waals surface area contributed by atoms with Crippen molar-refractivity contribution in [2.45, 2.75) is 46.6 Å². The second-order valence-corrected chi connectivity index (χ2v) is 10.6. The summed E-state index contributed by atoms with van der Waals surface area (Å²) in [5, 5.41) is 3.02. The summed E-state index contributed by atoms with van der Waals surface area (Å²) in [4.78, 5) is 40.6. The lowest BCUT2D eigenvalue weighted by atomic mass is 10.1. The van der Waals surface area contributed by atoms with Crippen LogP contribution in [-0.4, -0.2) is 76.3 Å². The Hall–Kier alpha value is -4.02. The zero-order valence-electron chi connectivity index (χ0n) is 22.7. The maximum atomic E-state index is 13.4. The van der Waals surface area contributed by atoms with E-state index >= 15 is 0 Å². The molecule has 0 aliphatic carbocycles. The molecule has 3 aromatic heterocycles. The first-order chi connectivity index (χ1) is 18.1. The minimum absolute atomic E-state index is 0.264. The van der Waals surface area contributed by atoms with Gasteiger partial charge in [0.25, 0.3) is 0 Å². The van der Waals surface area contributed by atoms with E-state index in [2.05, 4.69) is 20.2 Å². The zero-order chi connectivity index (χ0) is 27.0. The second-order valence-electron chi connectivity index (χ2n) is 10.6. The van der Waals surface area contributed by atoms with Crippen molar-refractivity contribution < 1.29 is 19.1 Å². The number of hydrogen-bond donors (Lipinski definition) is 1. The molecular formula is C27H35N7O4. The third-order valence-electron chi connectivity index (χ3n) is 6.58. The predicted molar refractivity (Wildman–Crippen MR) is 145 cm³/mol. The van der Waals surface area contributed by atoms with Crippen LogP contribution in [0.25, 0.3) is 5.65 Å². The number of nitrogens with zero attached hydrogens (tertiary/aromatic N) is 6. The SMILES string of the molecule is CCOc1cc2nc(C)cn2cc1NC(=O)N1CCc2c(N3CCN(C(=O)OC(C)(C)C)CC3)ccnc21. The number of rotatable bonds is 4. The van der Waals surface area contributed by atoms with Crippen LogP contribution in [0.15, 0.2) is 30.7 Å². The topological polar surface area (TPSA) is 105 Å². The summed E-state index contributed by atoms with van der Waals surface area (Å²) in [7, 11) is 0. The number of hydrogen-bond acceptors (Lipinski definition) is 7. The van der Waals surface area contributed by atoms with Crippen LogP contribution in [-0.2, 0) is 11.2 Å². The Morgan fingerprint density at radius 1 is 1.11 bits per heavy atom. The number of nitrogens with one attached hydrogen (secondary N) is 1. The lowest BCUT2D eigenvalue weighted by molar-refractivity contribution is 0.0240. The van der Waals surface area contributed by atoms with Crippen LogP contribution in [0.5, 0.6) is 5.75 Å². The summed E-state index contributed by atoms with van der Waals surface area (Å²) in [5.74, 6) is 1.23. The highest BCUT2D eigenvalue weighted by atomic mass is 16.6. The van der Waals surface area contributed by atoms with Crippen LogP contribution in [0.3, 0.4) is 0 Å². The maximum absolute atomic E-state index is 13.4. The summed E-state index contributed by atoms with van der Waals surface area (Å²) in [6.07, 6.45) is 5.89. The van der Waals surface area contributed by atoms with E-state index in [1.54, 1.807) is 16.0 Å². The van der Waals surface area contributed by atoms with Crippen LogP contribution in [0.4, 0.5) is 26.8 Å². The van der Waals surface area contributed by atoms with Crippen molar-refractivity contribution in [2.24, 2.45) is 0 Å². The molecule has 38 heavy (non-hydrogen) atoms. The van der Waals surface area contributed by atoms with E-state index in [-0.39, 0.29) is 12.1 Å². The number of aryl methyl sites for hydroxylation is 1. The number of carbonyl (C=O) groups excluding carboxylic acids is 2. The van der Waals surface area contributed by atoms with E-state index in [1.165, 1.54) is 0 Å². The molecule has 11 nitrogen and oxygen atoms in total. The molecule has 202 valence electrons. The summed E-state index contributed by atoms with van der Waals surface area (Å²) in [6, 6.07) is 3.56. The molecule has 5 heterocycles. The van der Waals surface area contributed by atoms with E-state index in [4.69, 9.17) is 9.47 Å². The van der Waals surface area contributed by atoms with Crippen molar-refractivity contribution in [1.82, 2.24) is 19.3 Å². The van der Waals surface area contributed by atoms with E-state index in [0.29, 0.717) is 63.0 Å². The standard InChI is InChI=1S/C27H35N7O4/c1-6-37-22-15-23-29-18(2)16-33(23)17-20(22)30-25(35)34-10-8-19-21(7-9-28-24(19)34)31-11-13-32(14-12-31)26(36)38-27(3,4)5/h7,9,15-17H,6,8,10-14H2,1-5H3,(H,30,35). The molecule has 11 heteroatoms. The molecule has 0 saturated carbocycles. The Labute approximate surface area is 222 Å². The molecule has 0 aromatic carbocycles. The molecule has 0 radical (unpaired) electrons. The number of fused-ring (bicyclic) bond motifs is 2. The highest BCUT2D eigenvalue weighted by Crippen LogP contribution is 2.35. The average molecular weight is 522 g/mol. The van der Waals surface area contributed by atoms with E-state index in [0.717, 1.165) is 22.6 Å². The minimum Gasteiger partial charge on any atom is -0.491 e. The van der Waals surface area contributed by atoms with Gasteiger partial charge in [-0.1, -0.05) is 0 Å². The largest absolute Gasteiger partial charge is 0.491 e. The summed E-state index contributed by atoms with van der Waals surface area (Å²) < 4.78 is 13.2. The number of urea groups is 1. The first kappa shape index (κ1) is 25.6. The van der Waals surface area contributed by atoms with Crippen LogP contribution in [0.2, 0.25) is 0 Å². The fourth-order valence-electron chi connectivity index (χ4n) is 4.92. The van der Waals surface area contributed by atoms with Gasteiger partial charge < -0.3 is 29.0 Å². The summed E-state index contributed by atoms with van der Waals surface area (Å²) in [5.41, 5.74) is 3.79. The van der Waals surface area contributed by atoms with Gasteiger partial charge in [-0.15, -0.1) is 0 Å². The van der Waals surface area contributed by atoms with Gasteiger partial charge in [0.2, 0.25) is 0 Å². The van der Waals surface area contributed by atoms with E-state index in [9.17, 15) is 9.59 Å². The number of pyridine rings is 2. The van der Waals surface area contributed by atoms with E-state index in [1.807, 2.05) is 63.5 Å². The third kappa shape index (κ3) is 5.18. The lowest BCUT2D eigenvalue weighted by Crippen LogP contribution is -2.50. The van der Waals surface area contributed by atoms with Gasteiger partial charge >= 0.3 is 12.1 Å². The van der Waals surface area contributed by atoms with Crippen molar-refractivity contribution in [3.05, 3.63) is 42.0 Å². The van der Waals surface area contributed by atoms with Crippen molar-refractivity contribution in [3.8, 4) is 5.75 Å². The van der Waals surface area contributed by atoms with Crippen LogP contribution in [0, 0.1) is 6.92 Å². The van der Waals surface area contributed by atoms with Crippen LogP contribution < -0.4 is 19.9 Å². The second kappa shape index (κ2) is 10.0. The highest BCUT2D eigenvalue weighted by molar-refractivity contribution is 6.03. The van der Waals surface area contributed by atoms with Gasteiger partial charge in [-0.3, -0.25) is 4.90 Å². The summed E-state index contributed by atoms with van der Waals surface area (Å²) >= 11 is 0. The minimum atomic E-state index is -0.517. The number of anilines is 3. The summed E-state index contributed by atoms with van der Waals surface area (Å²) in [6.45, 7) is 13.0. The monoisotopic (exact) mass is 521 g/mol. The molecule has 2 aliphatic heterocycles. The van der Waals surface area contributed by atoms with Gasteiger partial charge in [0.1, 0.15) is 28.5 Å². The lowest BCUT2D eigenvalue weighted by Gasteiger charge is -2.37. The molecule has 1 fully saturated rings. The normalized spacial score (nSPS) is 15.6. The van der Waals surface area contributed by atoms with Gasteiger partial charge in [-0.2, -0.15) is 0 Å². The molecule has 2 aliphatic rings. The highest BCUT2D eigenvalue weighted by Gasteiger charge is 2.32. The van der Waals surface area contributed by atoms with E-state index < -0.39 is 5.60 Å². The first-order valence-corrected chi connectivity index (χ1v) is 13.0. The third-order valence-corrected chi connectivity index (χ3v) is 6.58. The van der Waals surface area contributed by atoms with Crippen molar-refractivity contribution in [3.63, 3.8) is 0 Å². The fraction of sp³-hybridized carbons (Fsp3) is 0.481. The molecule has 1 saturated heterocycles. The predicted octanol–water partition coefficient (Wildman–Crippen LogP) is 4.09. The first-order valence-electron chi connectivity index (χ1n) is 13.0. The number of ether oxygens (including phenoxy) is 2. The number of imidazole rings is 1. The molecule has 3 amide bonds. The smallest absolute Gasteiger partial charge is 0.410 e. The molecule has 0 spiro atoms. The van der Waals surface area contributed by atoms with Crippen LogP contribution in [0.1, 0.15) is 39.0 Å². The maximum Gasteiger partial charge on any atom is 0.410 e. The van der Waals surface area contributed by atoms with Crippen molar-refractivity contribution >= 4 is 35.0 Å². The number of carbonyl (C=O) groups is 2. The molecular weight excluding hydrogens is 486 g/mol. The van der Waals surface area contributed by atoms with Gasteiger partial charge in [0.15, 0.2) is 0 Å². The Morgan fingerprint density at radius 3 is 2.58 bits per heavy atom. The quantitative estimate of drug-likeness (QED) is 0.551. The van der Waals surface area contributed by atoms with Gasteiger partial charge in [0.05, 0.1) is 12.3 Å². The van der Waals surface area contributed by atoms with Crippen molar-refractivity contribution in [2.75, 3.05) is 54.4 Å². The van der Waals surface area contributed by atoms with Crippen molar-refractivity contribution in [1.29, 1.82) is 0 Å². The Morgan fingerprint density at radius 2 is 1.87 bits per heavy atom. The number of piperazine rings is 1. The Balaban J connectivity index is 1.31. The average Bonchev–Trinajstić information content (AvgIpc) is 3.45. The number of amides is 3.